The van der Waals surface area contributed by atoms with Crippen LogP contribution in [0.4, 0.5) is 0 Å². The smallest absolute Gasteiger partial charge is 0.312 e. The molecular weight excluding hydrogens is 436 g/mol. The quantitative estimate of drug-likeness (QED) is 0.343. The van der Waals surface area contributed by atoms with Gasteiger partial charge in [-0.3, -0.25) is 4.79 Å². The Balaban J connectivity index is 1.89. The zero-order valence-corrected chi connectivity index (χ0v) is 22.2. The summed E-state index contributed by atoms with van der Waals surface area (Å²) < 4.78 is 11.1. The van der Waals surface area contributed by atoms with Gasteiger partial charge in [0.2, 0.25) is 0 Å². The second-order valence-corrected chi connectivity index (χ2v) is 9.75. The van der Waals surface area contributed by atoms with Crippen LogP contribution in [0.1, 0.15) is 87.6 Å². The molecule has 1 aliphatic heterocycles. The number of cyclic esters (lactones) is 1. The predicted octanol–water partition coefficient (Wildman–Crippen LogP) is 6.25. The molecule has 188 valence electrons. The molecule has 0 bridgehead atoms. The Labute approximate surface area is 211 Å². The van der Waals surface area contributed by atoms with Gasteiger partial charge in [-0.1, -0.05) is 63.8 Å². The Morgan fingerprint density at radius 1 is 0.971 bits per heavy atom. The molecule has 0 saturated carbocycles. The van der Waals surface area contributed by atoms with Gasteiger partial charge in [0.05, 0.1) is 12.5 Å². The van der Waals surface area contributed by atoms with E-state index >= 15 is 0 Å². The van der Waals surface area contributed by atoms with Crippen molar-refractivity contribution in [3.63, 3.8) is 0 Å². The van der Waals surface area contributed by atoms with Gasteiger partial charge >= 0.3 is 5.97 Å². The van der Waals surface area contributed by atoms with Gasteiger partial charge in [0.15, 0.2) is 0 Å². The molecule has 1 aliphatic rings. The van der Waals surface area contributed by atoms with E-state index in [1.165, 1.54) is 11.1 Å². The van der Waals surface area contributed by atoms with E-state index in [-0.39, 0.29) is 17.3 Å². The molecule has 1 unspecified atom stereocenters. The zero-order valence-electron chi connectivity index (χ0n) is 22.2. The lowest BCUT2D eigenvalue weighted by molar-refractivity contribution is -0.141. The molecule has 35 heavy (non-hydrogen) atoms. The fraction of sp³-hybridized carbons (Fsp3) is 0.516. The molecule has 4 nitrogen and oxygen atoms in total. The number of hydrogen-bond donors (Lipinski definition) is 1. The van der Waals surface area contributed by atoms with Crippen LogP contribution in [-0.2, 0) is 14.9 Å². The van der Waals surface area contributed by atoms with Gasteiger partial charge in [0.25, 0.3) is 0 Å². The minimum absolute atomic E-state index is 0.122. The molecule has 0 radical (unpaired) electrons. The van der Waals surface area contributed by atoms with E-state index in [2.05, 4.69) is 69.9 Å². The summed E-state index contributed by atoms with van der Waals surface area (Å²) in [5.74, 6) is 6.78. The number of ether oxygens (including phenoxy) is 2. The minimum Gasteiger partial charge on any atom is -0.492 e. The molecule has 0 amide bonds. The molecule has 1 saturated heterocycles. The van der Waals surface area contributed by atoms with Gasteiger partial charge < -0.3 is 14.6 Å². The summed E-state index contributed by atoms with van der Waals surface area (Å²) in [5, 5.41) is 10.5. The van der Waals surface area contributed by atoms with Crippen LogP contribution in [0.5, 0.6) is 5.75 Å². The highest BCUT2D eigenvalue weighted by molar-refractivity contribution is 5.74. The van der Waals surface area contributed by atoms with Crippen LogP contribution in [0, 0.1) is 31.6 Å². The zero-order chi connectivity index (χ0) is 25.6. The van der Waals surface area contributed by atoms with Crippen LogP contribution >= 0.6 is 0 Å². The van der Waals surface area contributed by atoms with Crippen molar-refractivity contribution in [3.8, 4) is 17.6 Å². The summed E-state index contributed by atoms with van der Waals surface area (Å²) in [5.41, 5.74) is 4.63. The van der Waals surface area contributed by atoms with Crippen LogP contribution in [0.3, 0.4) is 0 Å². The number of benzene rings is 2. The van der Waals surface area contributed by atoms with E-state index in [4.69, 9.17) is 9.47 Å². The van der Waals surface area contributed by atoms with Crippen molar-refractivity contribution in [3.05, 3.63) is 64.2 Å². The lowest BCUT2D eigenvalue weighted by atomic mass is 9.70. The molecule has 1 N–H and O–H groups in total. The maximum absolute atomic E-state index is 11.7. The molecule has 0 aliphatic carbocycles. The predicted molar refractivity (Wildman–Crippen MR) is 141 cm³/mol. The molecule has 1 fully saturated rings. The van der Waals surface area contributed by atoms with Crippen molar-refractivity contribution in [2.45, 2.75) is 84.7 Å². The number of aryl methyl sites for hydroxylation is 2. The van der Waals surface area contributed by atoms with Crippen molar-refractivity contribution in [2.24, 2.45) is 5.92 Å². The lowest BCUT2D eigenvalue weighted by Crippen LogP contribution is -2.26. The molecule has 0 aromatic heterocycles. The third-order valence-corrected chi connectivity index (χ3v) is 7.80. The van der Waals surface area contributed by atoms with Gasteiger partial charge in [-0.15, -0.1) is 0 Å². The van der Waals surface area contributed by atoms with Crippen LogP contribution in [-0.4, -0.2) is 29.9 Å². The van der Waals surface area contributed by atoms with E-state index in [9.17, 15) is 9.90 Å². The van der Waals surface area contributed by atoms with Crippen LogP contribution < -0.4 is 4.74 Å². The van der Waals surface area contributed by atoms with E-state index in [1.807, 2.05) is 19.9 Å². The highest BCUT2D eigenvalue weighted by Crippen LogP contribution is 2.41. The molecular formula is C31H40O4. The third kappa shape index (κ3) is 5.73. The Kier molecular flexibility index (Phi) is 8.67. The monoisotopic (exact) mass is 476 g/mol. The number of hydrogen-bond acceptors (Lipinski definition) is 4. The first kappa shape index (κ1) is 26.8. The normalized spacial score (nSPS) is 16.0. The first-order valence-electron chi connectivity index (χ1n) is 13.0. The van der Waals surface area contributed by atoms with Crippen molar-refractivity contribution in [1.82, 2.24) is 0 Å². The summed E-state index contributed by atoms with van der Waals surface area (Å²) in [4.78, 5) is 11.7. The summed E-state index contributed by atoms with van der Waals surface area (Å²) in [6.07, 6.45) is 3.89. The Bertz CT molecular complexity index is 1100. The largest absolute Gasteiger partial charge is 0.492 e. The standard InChI is InChI=1S/C31H40O4/c1-7-30(33,8-2)17-15-24-11-12-26(19-22(24)5)31(9-3,10-4)27-13-14-28(23(6)20-27)35-21-25-16-18-34-29(25)32/h11-14,19-20,25,33H,7-10,16,18,21H2,1-6H3. The van der Waals surface area contributed by atoms with Gasteiger partial charge in [0, 0.05) is 11.0 Å². The average Bonchev–Trinajstić information content (AvgIpc) is 3.28. The van der Waals surface area contributed by atoms with Crippen LogP contribution in [0.2, 0.25) is 0 Å². The molecule has 1 atom stereocenters. The topological polar surface area (TPSA) is 55.8 Å². The number of carbonyl (C=O) groups is 1. The molecule has 0 spiro atoms. The third-order valence-electron chi connectivity index (χ3n) is 7.80. The number of esters is 1. The van der Waals surface area contributed by atoms with E-state index in [0.717, 1.165) is 41.7 Å². The summed E-state index contributed by atoms with van der Waals surface area (Å²) in [6.45, 7) is 13.4. The summed E-state index contributed by atoms with van der Waals surface area (Å²) >= 11 is 0. The highest BCUT2D eigenvalue weighted by atomic mass is 16.5. The Hall–Kier alpha value is -2.77. The van der Waals surface area contributed by atoms with Crippen LogP contribution in [0.25, 0.3) is 0 Å². The average molecular weight is 477 g/mol. The van der Waals surface area contributed by atoms with Gasteiger partial charge in [0.1, 0.15) is 18.0 Å². The maximum atomic E-state index is 11.7. The van der Waals surface area contributed by atoms with E-state index in [1.54, 1.807) is 0 Å². The second-order valence-electron chi connectivity index (χ2n) is 9.75. The Morgan fingerprint density at radius 2 is 1.60 bits per heavy atom. The van der Waals surface area contributed by atoms with E-state index < -0.39 is 5.60 Å². The van der Waals surface area contributed by atoms with Gasteiger partial charge in [-0.05, 0) is 80.3 Å². The van der Waals surface area contributed by atoms with Crippen LogP contribution in [0.15, 0.2) is 36.4 Å². The number of aliphatic hydroxyl groups is 1. The molecule has 2 aromatic rings. The van der Waals surface area contributed by atoms with Crippen molar-refractivity contribution >= 4 is 5.97 Å². The summed E-state index contributed by atoms with van der Waals surface area (Å²) in [6, 6.07) is 12.9. The Morgan fingerprint density at radius 3 is 2.11 bits per heavy atom. The van der Waals surface area contributed by atoms with E-state index in [0.29, 0.717) is 26.1 Å². The lowest BCUT2D eigenvalue weighted by Gasteiger charge is -2.34. The molecule has 3 rings (SSSR count). The van der Waals surface area contributed by atoms with Gasteiger partial charge in [-0.2, -0.15) is 0 Å². The molecule has 1 heterocycles. The van der Waals surface area contributed by atoms with Crippen molar-refractivity contribution in [1.29, 1.82) is 0 Å². The highest BCUT2D eigenvalue weighted by Gasteiger charge is 2.32. The fourth-order valence-corrected chi connectivity index (χ4v) is 4.93. The first-order chi connectivity index (χ1) is 16.7. The summed E-state index contributed by atoms with van der Waals surface area (Å²) in [7, 11) is 0. The van der Waals surface area contributed by atoms with Crippen molar-refractivity contribution < 1.29 is 19.4 Å². The number of carbonyl (C=O) groups excluding carboxylic acids is 1. The number of rotatable bonds is 9. The molecule has 2 aromatic carbocycles. The fourth-order valence-electron chi connectivity index (χ4n) is 4.93. The molecule has 4 heteroatoms. The van der Waals surface area contributed by atoms with Gasteiger partial charge in [-0.25, -0.2) is 0 Å². The minimum atomic E-state index is -0.929. The first-order valence-corrected chi connectivity index (χ1v) is 13.0. The second kappa shape index (κ2) is 11.3. The van der Waals surface area contributed by atoms with Crippen molar-refractivity contribution in [2.75, 3.05) is 13.2 Å². The SMILES string of the molecule is CCC(O)(C#Cc1ccc(C(CC)(CC)c2ccc(OCC3CCOC3=O)c(C)c2)cc1C)CC. The maximum Gasteiger partial charge on any atom is 0.312 e.